The van der Waals surface area contributed by atoms with E-state index in [4.69, 9.17) is 4.74 Å². The number of carboxylic acids is 1. The first-order chi connectivity index (χ1) is 12.3. The van der Waals surface area contributed by atoms with Crippen molar-refractivity contribution in [3.8, 4) is 0 Å². The Bertz CT molecular complexity index is 377. The van der Waals surface area contributed by atoms with Crippen LogP contribution in [0.2, 0.25) is 0 Å². The molecule has 0 radical (unpaired) electrons. The van der Waals surface area contributed by atoms with E-state index in [0.717, 1.165) is 19.3 Å². The van der Waals surface area contributed by atoms with Gasteiger partial charge >= 0.3 is 12.1 Å². The summed E-state index contributed by atoms with van der Waals surface area (Å²) in [5.41, 5.74) is -0.622. The number of nitrogens with one attached hydrogen (secondary N) is 1. The van der Waals surface area contributed by atoms with E-state index in [1.165, 1.54) is 57.8 Å². The standard InChI is InChI=1S/C21H41NO4/c1-5-6-7-8-9-10-11-12-13-14-15-16-17-18(19(23)24)22-20(25)26-21(2,3)4/h18H,5-17H2,1-4H3,(H,22,25)(H,23,24)/t18-/m1/s1. The number of carbonyl (C=O) groups excluding carboxylic acids is 1. The molecule has 0 heterocycles. The van der Waals surface area contributed by atoms with Crippen LogP contribution in [0, 0.1) is 0 Å². The van der Waals surface area contributed by atoms with Gasteiger partial charge < -0.3 is 15.2 Å². The Balaban J connectivity index is 3.66. The van der Waals surface area contributed by atoms with Crippen LogP contribution in [0.1, 0.15) is 111 Å². The summed E-state index contributed by atoms with van der Waals surface area (Å²) in [6.45, 7) is 7.51. The molecule has 0 saturated heterocycles. The van der Waals surface area contributed by atoms with Crippen molar-refractivity contribution < 1.29 is 19.4 Å². The van der Waals surface area contributed by atoms with Gasteiger partial charge in [-0.1, -0.05) is 84.0 Å². The zero-order valence-electron chi connectivity index (χ0n) is 17.4. The fourth-order valence-corrected chi connectivity index (χ4v) is 2.90. The summed E-state index contributed by atoms with van der Waals surface area (Å²) < 4.78 is 5.12. The fraction of sp³-hybridized carbons (Fsp3) is 0.905. The van der Waals surface area contributed by atoms with Gasteiger partial charge in [0.2, 0.25) is 0 Å². The molecule has 0 aliphatic rings. The van der Waals surface area contributed by atoms with Gasteiger partial charge in [-0.2, -0.15) is 0 Å². The number of carbonyl (C=O) groups is 2. The van der Waals surface area contributed by atoms with E-state index in [1.54, 1.807) is 20.8 Å². The summed E-state index contributed by atoms with van der Waals surface area (Å²) in [6, 6.07) is -0.868. The molecule has 0 aliphatic heterocycles. The number of amides is 1. The quantitative estimate of drug-likeness (QED) is 0.343. The summed E-state index contributed by atoms with van der Waals surface area (Å²) >= 11 is 0. The lowest BCUT2D eigenvalue weighted by molar-refractivity contribution is -0.139. The van der Waals surface area contributed by atoms with Crippen LogP contribution in [-0.4, -0.2) is 28.8 Å². The topological polar surface area (TPSA) is 75.6 Å². The molecule has 1 atom stereocenters. The molecule has 5 nitrogen and oxygen atoms in total. The molecule has 0 saturated carbocycles. The SMILES string of the molecule is CCCCCCCCCCCCCC[C@@H](NC(=O)OC(C)(C)C)C(=O)O. The van der Waals surface area contributed by atoms with Crippen LogP contribution in [0.5, 0.6) is 0 Å². The highest BCUT2D eigenvalue weighted by Gasteiger charge is 2.23. The average Bonchev–Trinajstić information content (AvgIpc) is 2.52. The minimum atomic E-state index is -1.00. The Hall–Kier alpha value is -1.26. The number of unbranched alkanes of at least 4 members (excludes halogenated alkanes) is 11. The lowest BCUT2D eigenvalue weighted by Crippen LogP contribution is -2.43. The fourth-order valence-electron chi connectivity index (χ4n) is 2.90. The third kappa shape index (κ3) is 16.2. The number of rotatable bonds is 15. The Labute approximate surface area is 160 Å². The summed E-state index contributed by atoms with van der Waals surface area (Å²) in [5.74, 6) is -1.00. The predicted octanol–water partition coefficient (Wildman–Crippen LogP) is 6.06. The maximum absolute atomic E-state index is 11.7. The third-order valence-electron chi connectivity index (χ3n) is 4.34. The molecule has 0 bridgehead atoms. The second-order valence-electron chi connectivity index (χ2n) is 8.21. The van der Waals surface area contributed by atoms with Crippen molar-refractivity contribution in [2.45, 2.75) is 123 Å². The number of alkyl carbamates (subject to hydrolysis) is 1. The highest BCUT2D eigenvalue weighted by Crippen LogP contribution is 2.13. The average molecular weight is 372 g/mol. The molecule has 26 heavy (non-hydrogen) atoms. The summed E-state index contributed by atoms with van der Waals surface area (Å²) in [6.07, 6.45) is 14.6. The molecule has 0 rings (SSSR count). The van der Waals surface area contributed by atoms with Gasteiger partial charge in [0.15, 0.2) is 0 Å². The van der Waals surface area contributed by atoms with Gasteiger partial charge in [0, 0.05) is 0 Å². The molecule has 0 fully saturated rings. The van der Waals surface area contributed by atoms with Crippen LogP contribution in [0.3, 0.4) is 0 Å². The zero-order valence-corrected chi connectivity index (χ0v) is 17.4. The van der Waals surface area contributed by atoms with Gasteiger partial charge in [0.1, 0.15) is 11.6 Å². The summed E-state index contributed by atoms with van der Waals surface area (Å²) in [5, 5.41) is 11.7. The molecule has 0 aromatic carbocycles. The molecular weight excluding hydrogens is 330 g/mol. The first kappa shape index (κ1) is 24.7. The molecule has 154 valence electrons. The van der Waals surface area contributed by atoms with Gasteiger partial charge in [-0.25, -0.2) is 9.59 Å². The van der Waals surface area contributed by atoms with E-state index >= 15 is 0 Å². The molecule has 0 spiro atoms. The van der Waals surface area contributed by atoms with Crippen molar-refractivity contribution >= 4 is 12.1 Å². The Morgan fingerprint density at radius 1 is 0.846 bits per heavy atom. The van der Waals surface area contributed by atoms with Crippen molar-refractivity contribution in [2.24, 2.45) is 0 Å². The molecule has 5 heteroatoms. The maximum Gasteiger partial charge on any atom is 0.408 e. The minimum absolute atomic E-state index is 0.450. The lowest BCUT2D eigenvalue weighted by atomic mass is 10.0. The monoisotopic (exact) mass is 371 g/mol. The molecular formula is C21H41NO4. The predicted molar refractivity (Wildman–Crippen MR) is 106 cm³/mol. The van der Waals surface area contributed by atoms with Gasteiger partial charge in [-0.3, -0.25) is 0 Å². The first-order valence-electron chi connectivity index (χ1n) is 10.5. The maximum atomic E-state index is 11.7. The van der Waals surface area contributed by atoms with Gasteiger partial charge in [0.05, 0.1) is 0 Å². The molecule has 0 aromatic rings. The lowest BCUT2D eigenvalue weighted by Gasteiger charge is -2.22. The number of hydrogen-bond acceptors (Lipinski definition) is 3. The molecule has 2 N–H and O–H groups in total. The van der Waals surface area contributed by atoms with E-state index in [-0.39, 0.29) is 0 Å². The first-order valence-corrected chi connectivity index (χ1v) is 10.5. The van der Waals surface area contributed by atoms with E-state index in [2.05, 4.69) is 12.2 Å². The van der Waals surface area contributed by atoms with Crippen LogP contribution < -0.4 is 5.32 Å². The number of ether oxygens (including phenoxy) is 1. The van der Waals surface area contributed by atoms with E-state index in [0.29, 0.717) is 6.42 Å². The van der Waals surface area contributed by atoms with Gasteiger partial charge in [-0.05, 0) is 27.2 Å². The van der Waals surface area contributed by atoms with Gasteiger partial charge in [0.25, 0.3) is 0 Å². The van der Waals surface area contributed by atoms with Crippen LogP contribution in [0.15, 0.2) is 0 Å². The Morgan fingerprint density at radius 2 is 1.27 bits per heavy atom. The molecule has 0 aliphatic carbocycles. The van der Waals surface area contributed by atoms with Crippen LogP contribution >= 0.6 is 0 Å². The Morgan fingerprint density at radius 3 is 1.65 bits per heavy atom. The zero-order chi connectivity index (χ0) is 19.8. The van der Waals surface area contributed by atoms with Crippen LogP contribution in [0.4, 0.5) is 4.79 Å². The van der Waals surface area contributed by atoms with Crippen molar-refractivity contribution in [2.75, 3.05) is 0 Å². The summed E-state index contributed by atoms with van der Waals surface area (Å²) in [4.78, 5) is 23.0. The van der Waals surface area contributed by atoms with Crippen molar-refractivity contribution in [3.05, 3.63) is 0 Å². The van der Waals surface area contributed by atoms with Crippen molar-refractivity contribution in [3.63, 3.8) is 0 Å². The smallest absolute Gasteiger partial charge is 0.408 e. The number of aliphatic carboxylic acids is 1. The normalized spacial score (nSPS) is 12.6. The number of carboxylic acid groups (broad SMARTS) is 1. The van der Waals surface area contributed by atoms with Gasteiger partial charge in [-0.15, -0.1) is 0 Å². The second-order valence-corrected chi connectivity index (χ2v) is 8.21. The molecule has 1 amide bonds. The largest absolute Gasteiger partial charge is 0.480 e. The van der Waals surface area contributed by atoms with Crippen LogP contribution in [0.25, 0.3) is 0 Å². The highest BCUT2D eigenvalue weighted by molar-refractivity contribution is 5.79. The molecule has 0 aromatic heterocycles. The van der Waals surface area contributed by atoms with E-state index < -0.39 is 23.7 Å². The Kier molecular flexibility index (Phi) is 14.1. The third-order valence-corrected chi connectivity index (χ3v) is 4.34. The van der Waals surface area contributed by atoms with Crippen molar-refractivity contribution in [1.29, 1.82) is 0 Å². The summed E-state index contributed by atoms with van der Waals surface area (Å²) in [7, 11) is 0. The number of hydrogen-bond donors (Lipinski definition) is 2. The second kappa shape index (κ2) is 14.9. The molecule has 0 unspecified atom stereocenters. The van der Waals surface area contributed by atoms with E-state index in [1.807, 2.05) is 0 Å². The van der Waals surface area contributed by atoms with Crippen molar-refractivity contribution in [1.82, 2.24) is 5.32 Å². The van der Waals surface area contributed by atoms with E-state index in [9.17, 15) is 14.7 Å². The van der Waals surface area contributed by atoms with Crippen LogP contribution in [-0.2, 0) is 9.53 Å². The minimum Gasteiger partial charge on any atom is -0.480 e. The highest BCUT2D eigenvalue weighted by atomic mass is 16.6.